The van der Waals surface area contributed by atoms with E-state index in [0.29, 0.717) is 17.4 Å². The Labute approximate surface area is 115 Å². The topological polar surface area (TPSA) is 50.4 Å². The van der Waals surface area contributed by atoms with Gasteiger partial charge in [-0.15, -0.1) is 0 Å². The number of hydrogen-bond donors (Lipinski definition) is 2. The number of rotatable bonds is 4. The van der Waals surface area contributed by atoms with Crippen LogP contribution in [-0.2, 0) is 4.74 Å². The lowest BCUT2D eigenvalue weighted by Crippen LogP contribution is -2.67. The zero-order valence-corrected chi connectivity index (χ0v) is 12.3. The van der Waals surface area contributed by atoms with Crippen LogP contribution in [0.3, 0.4) is 0 Å². The molecule has 0 unspecified atom stereocenters. The molecule has 4 heteroatoms. The average molecular weight is 266 g/mol. The van der Waals surface area contributed by atoms with Gasteiger partial charge >= 0.3 is 6.03 Å². The summed E-state index contributed by atoms with van der Waals surface area (Å²) in [5.41, 5.74) is 0.478. The SMILES string of the molecule is CCC1(CNC(=O)N[C@@H]2[C@@H]3CCO[C@@H]3C2(C)C)CC1. The molecule has 2 N–H and O–H groups in total. The van der Waals surface area contributed by atoms with Gasteiger partial charge in [-0.3, -0.25) is 0 Å². The maximum atomic E-state index is 12.0. The van der Waals surface area contributed by atoms with Crippen molar-refractivity contribution >= 4 is 6.03 Å². The molecular weight excluding hydrogens is 240 g/mol. The highest BCUT2D eigenvalue weighted by Gasteiger charge is 2.59. The Hall–Kier alpha value is -0.770. The first-order valence-corrected chi connectivity index (χ1v) is 7.64. The van der Waals surface area contributed by atoms with E-state index in [4.69, 9.17) is 4.74 Å². The summed E-state index contributed by atoms with van der Waals surface area (Å²) in [6.45, 7) is 8.27. The Kier molecular flexibility index (Phi) is 3.04. The number of amides is 2. The molecular formula is C15H26N2O2. The van der Waals surface area contributed by atoms with Gasteiger partial charge in [0.1, 0.15) is 0 Å². The highest BCUT2D eigenvalue weighted by molar-refractivity contribution is 5.74. The van der Waals surface area contributed by atoms with Gasteiger partial charge in [0.15, 0.2) is 0 Å². The molecule has 2 saturated carbocycles. The largest absolute Gasteiger partial charge is 0.377 e. The monoisotopic (exact) mass is 266 g/mol. The fourth-order valence-electron chi connectivity index (χ4n) is 3.91. The first-order chi connectivity index (χ1) is 8.98. The van der Waals surface area contributed by atoms with Gasteiger partial charge in [-0.25, -0.2) is 4.79 Å². The summed E-state index contributed by atoms with van der Waals surface area (Å²) >= 11 is 0. The quantitative estimate of drug-likeness (QED) is 0.820. The molecule has 3 atom stereocenters. The fraction of sp³-hybridized carbons (Fsp3) is 0.933. The van der Waals surface area contributed by atoms with E-state index in [-0.39, 0.29) is 17.5 Å². The zero-order valence-electron chi connectivity index (χ0n) is 12.3. The highest BCUT2D eigenvalue weighted by Crippen LogP contribution is 2.52. The Morgan fingerprint density at radius 3 is 2.74 bits per heavy atom. The van der Waals surface area contributed by atoms with Gasteiger partial charge < -0.3 is 15.4 Å². The Balaban J connectivity index is 1.50. The normalized spacial score (nSPS) is 37.1. The van der Waals surface area contributed by atoms with Crippen molar-refractivity contribution < 1.29 is 9.53 Å². The van der Waals surface area contributed by atoms with Gasteiger partial charge in [0, 0.05) is 30.5 Å². The minimum atomic E-state index is 0.00292. The maximum absolute atomic E-state index is 12.0. The summed E-state index contributed by atoms with van der Waals surface area (Å²) in [5.74, 6) is 0.516. The smallest absolute Gasteiger partial charge is 0.315 e. The Morgan fingerprint density at radius 1 is 1.37 bits per heavy atom. The van der Waals surface area contributed by atoms with E-state index in [0.717, 1.165) is 19.6 Å². The van der Waals surface area contributed by atoms with Crippen LogP contribution in [0.1, 0.15) is 46.5 Å². The van der Waals surface area contributed by atoms with Crippen molar-refractivity contribution in [1.29, 1.82) is 0 Å². The maximum Gasteiger partial charge on any atom is 0.315 e. The first-order valence-electron chi connectivity index (χ1n) is 7.64. The lowest BCUT2D eigenvalue weighted by atomic mass is 9.57. The number of ether oxygens (including phenoxy) is 1. The van der Waals surface area contributed by atoms with E-state index in [1.807, 2.05) is 0 Å². The van der Waals surface area contributed by atoms with E-state index in [1.165, 1.54) is 19.3 Å². The van der Waals surface area contributed by atoms with Crippen LogP contribution in [0.25, 0.3) is 0 Å². The van der Waals surface area contributed by atoms with Crippen LogP contribution in [0.4, 0.5) is 4.79 Å². The molecule has 1 saturated heterocycles. The van der Waals surface area contributed by atoms with E-state index >= 15 is 0 Å². The summed E-state index contributed by atoms with van der Waals surface area (Å²) in [6.07, 6.45) is 5.11. The zero-order chi connectivity index (χ0) is 13.7. The Bertz CT molecular complexity index is 376. The average Bonchev–Trinajstić information content (AvgIpc) is 3.03. The minimum Gasteiger partial charge on any atom is -0.377 e. The molecule has 3 rings (SSSR count). The van der Waals surface area contributed by atoms with Gasteiger partial charge in [0.05, 0.1) is 6.10 Å². The van der Waals surface area contributed by atoms with Crippen LogP contribution in [-0.4, -0.2) is 31.3 Å². The molecule has 4 nitrogen and oxygen atoms in total. The fourth-order valence-corrected chi connectivity index (χ4v) is 3.91. The predicted molar refractivity (Wildman–Crippen MR) is 73.9 cm³/mol. The van der Waals surface area contributed by atoms with Crippen molar-refractivity contribution in [3.8, 4) is 0 Å². The number of urea groups is 1. The van der Waals surface area contributed by atoms with Gasteiger partial charge in [-0.05, 0) is 31.1 Å². The van der Waals surface area contributed by atoms with Crippen molar-refractivity contribution in [3.63, 3.8) is 0 Å². The third kappa shape index (κ3) is 2.14. The second kappa shape index (κ2) is 4.37. The third-order valence-corrected chi connectivity index (χ3v) is 5.72. The lowest BCUT2D eigenvalue weighted by Gasteiger charge is -2.54. The molecule has 108 valence electrons. The van der Waals surface area contributed by atoms with Crippen molar-refractivity contribution in [2.45, 2.75) is 58.6 Å². The molecule has 0 aromatic heterocycles. The van der Waals surface area contributed by atoms with Gasteiger partial charge in [-0.1, -0.05) is 20.8 Å². The third-order valence-electron chi connectivity index (χ3n) is 5.72. The van der Waals surface area contributed by atoms with Gasteiger partial charge in [0.2, 0.25) is 0 Å². The summed E-state index contributed by atoms with van der Waals surface area (Å²) in [6, 6.07) is 0.264. The number of hydrogen-bond acceptors (Lipinski definition) is 2. The summed E-state index contributed by atoms with van der Waals surface area (Å²) in [4.78, 5) is 12.0. The van der Waals surface area contributed by atoms with Crippen LogP contribution in [0.5, 0.6) is 0 Å². The predicted octanol–water partition coefficient (Wildman–Crippen LogP) is 2.29. The lowest BCUT2D eigenvalue weighted by molar-refractivity contribution is -0.108. The molecule has 19 heavy (non-hydrogen) atoms. The minimum absolute atomic E-state index is 0.00292. The summed E-state index contributed by atoms with van der Waals surface area (Å²) in [5, 5.41) is 6.23. The van der Waals surface area contributed by atoms with E-state index in [9.17, 15) is 4.79 Å². The van der Waals surface area contributed by atoms with E-state index < -0.39 is 0 Å². The van der Waals surface area contributed by atoms with E-state index in [2.05, 4.69) is 31.4 Å². The van der Waals surface area contributed by atoms with Crippen LogP contribution >= 0.6 is 0 Å². The van der Waals surface area contributed by atoms with Gasteiger partial charge in [0.25, 0.3) is 0 Å². The molecule has 0 aromatic carbocycles. The van der Waals surface area contributed by atoms with Crippen LogP contribution in [0, 0.1) is 16.7 Å². The van der Waals surface area contributed by atoms with Crippen LogP contribution in [0.2, 0.25) is 0 Å². The molecule has 0 aromatic rings. The summed E-state index contributed by atoms with van der Waals surface area (Å²) in [7, 11) is 0. The number of nitrogens with one attached hydrogen (secondary N) is 2. The van der Waals surface area contributed by atoms with E-state index in [1.54, 1.807) is 0 Å². The Morgan fingerprint density at radius 2 is 2.11 bits per heavy atom. The molecule has 0 radical (unpaired) electrons. The van der Waals surface area contributed by atoms with Crippen molar-refractivity contribution in [3.05, 3.63) is 0 Å². The van der Waals surface area contributed by atoms with Crippen LogP contribution < -0.4 is 10.6 Å². The van der Waals surface area contributed by atoms with Crippen LogP contribution in [0.15, 0.2) is 0 Å². The summed E-state index contributed by atoms with van der Waals surface area (Å²) < 4.78 is 5.75. The molecule has 1 heterocycles. The van der Waals surface area contributed by atoms with Crippen molar-refractivity contribution in [2.75, 3.05) is 13.2 Å². The first kappa shape index (κ1) is 13.2. The number of carbonyl (C=O) groups excluding carboxylic acids is 1. The van der Waals surface area contributed by atoms with Crippen molar-refractivity contribution in [1.82, 2.24) is 10.6 Å². The number of carbonyl (C=O) groups is 1. The standard InChI is InChI=1S/C15H26N2O2/c1-4-15(6-7-15)9-16-13(18)17-11-10-5-8-19-12(10)14(11,2)3/h10-12H,4-9H2,1-3H3,(H2,16,17,18)/t10-,11+,12-/m0/s1. The van der Waals surface area contributed by atoms with Gasteiger partial charge in [-0.2, -0.15) is 0 Å². The molecule has 3 aliphatic rings. The molecule has 2 amide bonds. The molecule has 1 aliphatic heterocycles. The number of fused-ring (bicyclic) bond motifs is 1. The molecule has 0 spiro atoms. The van der Waals surface area contributed by atoms with Crippen molar-refractivity contribution in [2.24, 2.45) is 16.7 Å². The second-order valence-electron chi connectivity index (χ2n) is 7.22. The molecule has 2 aliphatic carbocycles. The highest BCUT2D eigenvalue weighted by atomic mass is 16.5. The molecule has 3 fully saturated rings. The second-order valence-corrected chi connectivity index (χ2v) is 7.22. The molecule has 0 bridgehead atoms.